The normalized spacial score (nSPS) is 21.5. The van der Waals surface area contributed by atoms with E-state index in [4.69, 9.17) is 4.84 Å². The van der Waals surface area contributed by atoms with E-state index in [-0.39, 0.29) is 0 Å². The molecular weight excluding hydrogens is 212 g/mol. The molecular formula is C14H14N2O. The topological polar surface area (TPSA) is 33.6 Å². The molecule has 0 radical (unpaired) electrons. The van der Waals surface area contributed by atoms with Gasteiger partial charge in [0.15, 0.2) is 5.76 Å². The summed E-state index contributed by atoms with van der Waals surface area (Å²) in [5.41, 5.74) is 2.87. The van der Waals surface area contributed by atoms with Crippen molar-refractivity contribution in [3.63, 3.8) is 0 Å². The average Bonchev–Trinajstić information content (AvgIpc) is 2.33. The third-order valence-corrected chi connectivity index (χ3v) is 2.36. The molecule has 1 aliphatic heterocycles. The SMILES string of the molecule is C=C1/C=C\C=N/O/C(c2cccc(NC)c2)=C\1. The first-order chi connectivity index (χ1) is 8.29. The van der Waals surface area contributed by atoms with Crippen molar-refractivity contribution in [1.29, 1.82) is 0 Å². The first-order valence-corrected chi connectivity index (χ1v) is 5.35. The van der Waals surface area contributed by atoms with Gasteiger partial charge in [-0.1, -0.05) is 29.9 Å². The summed E-state index contributed by atoms with van der Waals surface area (Å²) < 4.78 is 0. The second-order valence-electron chi connectivity index (χ2n) is 3.62. The molecule has 17 heavy (non-hydrogen) atoms. The van der Waals surface area contributed by atoms with Gasteiger partial charge in [-0.15, -0.1) is 0 Å². The summed E-state index contributed by atoms with van der Waals surface area (Å²) in [4.78, 5) is 5.33. The van der Waals surface area contributed by atoms with Crippen LogP contribution in [0.5, 0.6) is 0 Å². The zero-order valence-corrected chi connectivity index (χ0v) is 9.68. The van der Waals surface area contributed by atoms with E-state index in [2.05, 4.69) is 17.1 Å². The lowest BCUT2D eigenvalue weighted by Gasteiger charge is -2.08. The standard InChI is InChI=1S/C14H14N2O/c1-11-5-4-8-16-17-14(9-11)12-6-3-7-13(10-12)15-2/h3-10,15H,1H2,2H3/b5-4-,14-9-,16-8-. The van der Waals surface area contributed by atoms with Gasteiger partial charge in [0, 0.05) is 18.3 Å². The predicted molar refractivity (Wildman–Crippen MR) is 71.8 cm³/mol. The van der Waals surface area contributed by atoms with Gasteiger partial charge in [-0.25, -0.2) is 0 Å². The summed E-state index contributed by atoms with van der Waals surface area (Å²) >= 11 is 0. The molecule has 0 saturated carbocycles. The van der Waals surface area contributed by atoms with Crippen LogP contribution in [0, 0.1) is 0 Å². The number of allylic oxidation sites excluding steroid dienone is 4. The average molecular weight is 226 g/mol. The second-order valence-corrected chi connectivity index (χ2v) is 3.62. The van der Waals surface area contributed by atoms with Crippen molar-refractivity contribution in [1.82, 2.24) is 0 Å². The quantitative estimate of drug-likeness (QED) is 0.840. The maximum absolute atomic E-state index is 5.33. The van der Waals surface area contributed by atoms with Crippen molar-refractivity contribution in [3.8, 4) is 0 Å². The van der Waals surface area contributed by atoms with Crippen LogP contribution in [0.4, 0.5) is 5.69 Å². The van der Waals surface area contributed by atoms with E-state index in [9.17, 15) is 0 Å². The zero-order chi connectivity index (χ0) is 12.1. The molecule has 0 fully saturated rings. The highest BCUT2D eigenvalue weighted by Crippen LogP contribution is 2.22. The van der Waals surface area contributed by atoms with Gasteiger partial charge in [0.25, 0.3) is 0 Å². The Morgan fingerprint density at radius 2 is 2.24 bits per heavy atom. The molecule has 0 unspecified atom stereocenters. The molecule has 0 spiro atoms. The third kappa shape index (κ3) is 2.84. The molecule has 0 aliphatic carbocycles. The van der Waals surface area contributed by atoms with E-state index >= 15 is 0 Å². The van der Waals surface area contributed by atoms with Crippen molar-refractivity contribution in [2.45, 2.75) is 0 Å². The fourth-order valence-electron chi connectivity index (χ4n) is 1.50. The minimum Gasteiger partial charge on any atom is -0.388 e. The van der Waals surface area contributed by atoms with Gasteiger partial charge in [-0.05, 0) is 29.9 Å². The van der Waals surface area contributed by atoms with Crippen LogP contribution in [-0.2, 0) is 4.84 Å². The van der Waals surface area contributed by atoms with E-state index in [0.717, 1.165) is 16.8 Å². The second kappa shape index (κ2) is 5.16. The summed E-state index contributed by atoms with van der Waals surface area (Å²) in [5, 5.41) is 6.92. The largest absolute Gasteiger partial charge is 0.388 e. The summed E-state index contributed by atoms with van der Waals surface area (Å²) in [6, 6.07) is 7.93. The van der Waals surface area contributed by atoms with E-state index in [1.165, 1.54) is 0 Å². The van der Waals surface area contributed by atoms with Crippen LogP contribution in [-0.4, -0.2) is 13.3 Å². The minimum atomic E-state index is 0.688. The van der Waals surface area contributed by atoms with Crippen LogP contribution in [0.3, 0.4) is 0 Å². The summed E-state index contributed by atoms with van der Waals surface area (Å²) in [5.74, 6) is 0.688. The van der Waals surface area contributed by atoms with Crippen LogP contribution in [0.1, 0.15) is 5.56 Å². The fourth-order valence-corrected chi connectivity index (χ4v) is 1.50. The Labute approximate surface area is 101 Å². The minimum absolute atomic E-state index is 0.688. The molecule has 86 valence electrons. The molecule has 3 heteroatoms. The van der Waals surface area contributed by atoms with E-state index < -0.39 is 0 Å². The van der Waals surface area contributed by atoms with Gasteiger partial charge >= 0.3 is 0 Å². The molecule has 1 N–H and O–H groups in total. The molecule has 2 rings (SSSR count). The molecule has 0 atom stereocenters. The van der Waals surface area contributed by atoms with Gasteiger partial charge in [0.1, 0.15) is 0 Å². The number of benzene rings is 1. The number of hydrogen-bond donors (Lipinski definition) is 1. The van der Waals surface area contributed by atoms with Crippen molar-refractivity contribution < 1.29 is 4.84 Å². The molecule has 3 nitrogen and oxygen atoms in total. The van der Waals surface area contributed by atoms with Crippen LogP contribution >= 0.6 is 0 Å². The van der Waals surface area contributed by atoms with E-state index in [0.29, 0.717) is 5.76 Å². The van der Waals surface area contributed by atoms with Crippen LogP contribution < -0.4 is 5.32 Å². The van der Waals surface area contributed by atoms with Crippen LogP contribution in [0.2, 0.25) is 0 Å². The smallest absolute Gasteiger partial charge is 0.165 e. The highest BCUT2D eigenvalue weighted by molar-refractivity contribution is 5.75. The molecule has 1 aromatic rings. The van der Waals surface area contributed by atoms with Crippen LogP contribution in [0.25, 0.3) is 5.76 Å². The van der Waals surface area contributed by atoms with Gasteiger partial charge in [0.05, 0.1) is 6.21 Å². The van der Waals surface area contributed by atoms with Crippen molar-refractivity contribution in [2.24, 2.45) is 5.16 Å². The summed E-state index contributed by atoms with van der Waals surface area (Å²) in [6.45, 7) is 3.91. The Bertz CT molecular complexity index is 513. The van der Waals surface area contributed by atoms with Crippen molar-refractivity contribution in [2.75, 3.05) is 12.4 Å². The first kappa shape index (κ1) is 11.2. The highest BCUT2D eigenvalue weighted by atomic mass is 16.6. The first-order valence-electron chi connectivity index (χ1n) is 5.35. The lowest BCUT2D eigenvalue weighted by molar-refractivity contribution is 0.300. The fraction of sp³-hybridized carbons (Fsp3) is 0.0714. The number of hydrogen-bond acceptors (Lipinski definition) is 3. The van der Waals surface area contributed by atoms with E-state index in [1.54, 1.807) is 12.3 Å². The predicted octanol–water partition coefficient (Wildman–Crippen LogP) is 3.20. The Balaban J connectivity index is 2.37. The molecule has 0 saturated heterocycles. The number of rotatable bonds is 2. The zero-order valence-electron chi connectivity index (χ0n) is 9.68. The Morgan fingerprint density at radius 1 is 1.35 bits per heavy atom. The lowest BCUT2D eigenvalue weighted by atomic mass is 10.1. The molecule has 0 aromatic heterocycles. The molecule has 0 bridgehead atoms. The summed E-state index contributed by atoms with van der Waals surface area (Å²) in [6.07, 6.45) is 7.13. The number of anilines is 1. The third-order valence-electron chi connectivity index (χ3n) is 2.36. The Kier molecular flexibility index (Phi) is 3.40. The van der Waals surface area contributed by atoms with E-state index in [1.807, 2.05) is 43.5 Å². The molecule has 1 heterocycles. The monoisotopic (exact) mass is 226 g/mol. The van der Waals surface area contributed by atoms with Gasteiger partial charge in [-0.3, -0.25) is 0 Å². The Hall–Kier alpha value is -2.29. The molecule has 1 aromatic carbocycles. The van der Waals surface area contributed by atoms with Gasteiger partial charge in [-0.2, -0.15) is 0 Å². The molecule has 1 aliphatic rings. The number of nitrogens with one attached hydrogen (secondary N) is 1. The lowest BCUT2D eigenvalue weighted by Crippen LogP contribution is -1.93. The van der Waals surface area contributed by atoms with Crippen molar-refractivity contribution in [3.05, 3.63) is 60.2 Å². The van der Waals surface area contributed by atoms with Crippen LogP contribution in [0.15, 0.2) is 59.8 Å². The maximum Gasteiger partial charge on any atom is 0.165 e. The maximum atomic E-state index is 5.33. The number of oxime groups is 1. The highest BCUT2D eigenvalue weighted by Gasteiger charge is 2.05. The van der Waals surface area contributed by atoms with Gasteiger partial charge in [0.2, 0.25) is 0 Å². The van der Waals surface area contributed by atoms with Gasteiger partial charge < -0.3 is 10.2 Å². The summed E-state index contributed by atoms with van der Waals surface area (Å²) in [7, 11) is 1.88. The Morgan fingerprint density at radius 3 is 3.06 bits per heavy atom. The molecule has 0 amide bonds. The van der Waals surface area contributed by atoms with Crippen molar-refractivity contribution >= 4 is 17.7 Å². The number of nitrogens with zero attached hydrogens (tertiary/aromatic N) is 1.